The van der Waals surface area contributed by atoms with Crippen LogP contribution in [0.4, 0.5) is 0 Å². The molecule has 1 heterocycles. The molecule has 0 saturated carbocycles. The number of nitrogens with zero attached hydrogens (tertiary/aromatic N) is 1. The molecule has 11 atom stereocenters. The third kappa shape index (κ3) is 15.0. The van der Waals surface area contributed by atoms with E-state index in [0.29, 0.717) is 32.2 Å². The van der Waals surface area contributed by atoms with Gasteiger partial charge in [0, 0.05) is 19.0 Å². The summed E-state index contributed by atoms with van der Waals surface area (Å²) in [6.07, 6.45) is 1.77. The molecule has 2 rings (SSSR count). The molecule has 0 aromatic rings. The second-order valence-corrected chi connectivity index (χ2v) is 15.3. The fourth-order valence-corrected chi connectivity index (χ4v) is 6.78. The summed E-state index contributed by atoms with van der Waals surface area (Å²) in [4.78, 5) is 54.5. The predicted octanol–water partition coefficient (Wildman–Crippen LogP) is -2.71. The van der Waals surface area contributed by atoms with Crippen molar-refractivity contribution < 1.29 is 49.8 Å². The van der Waals surface area contributed by atoms with Gasteiger partial charge < -0.3 is 63.0 Å². The largest absolute Gasteiger partial charge is 0.394 e. The van der Waals surface area contributed by atoms with Crippen LogP contribution in [-0.4, -0.2) is 140 Å². The number of carbonyl (C=O) groups excluding carboxylic acids is 4. The van der Waals surface area contributed by atoms with E-state index in [2.05, 4.69) is 32.7 Å². The molecule has 18 nitrogen and oxygen atoms in total. The number of nitrogens with one attached hydrogen (secondary N) is 5. The summed E-state index contributed by atoms with van der Waals surface area (Å²) < 4.78 is 0. The van der Waals surface area contributed by atoms with Crippen LogP contribution in [0.25, 0.3) is 0 Å². The summed E-state index contributed by atoms with van der Waals surface area (Å²) >= 11 is 0. The average molecular weight is 773 g/mol. The molecule has 1 aliphatic heterocycles. The standard InChI is InChI=1S/C36H68N8O10/c1-6-20(4)29(35(52)44-14-10-13-27(44)34(51)41-25(36(53)54)16-22-11-8-7-9-12-22)43-30(47)21(5)39-32(49)24(15-19(2)3)40-33(50)26(18-45)42-31(48)23(37)17-28(38)46/h11,19-21,23-30,32,36,39,43,45-47,49,53-54H,6-10,12-18,37-38H2,1-5H3,(H,40,50)(H,41,51)(H,42,48)/t20?,21-,23+,24+,25+,26-,27-,28+,29+,30-,32+/m0/s1. The van der Waals surface area contributed by atoms with Crippen LogP contribution in [0.1, 0.15) is 98.8 Å². The Balaban J connectivity index is 2.11. The topological polar surface area (TPSA) is 305 Å². The lowest BCUT2D eigenvalue weighted by atomic mass is 9.94. The number of hydrogen-bond donors (Lipinski definition) is 13. The summed E-state index contributed by atoms with van der Waals surface area (Å²) in [5, 5.41) is 75.2. The fraction of sp³-hybridized carbons (Fsp3) is 0.833. The van der Waals surface area contributed by atoms with E-state index in [0.717, 1.165) is 31.3 Å². The van der Waals surface area contributed by atoms with Crippen LogP contribution < -0.4 is 38.1 Å². The van der Waals surface area contributed by atoms with Crippen LogP contribution in [0.3, 0.4) is 0 Å². The second kappa shape index (κ2) is 23.3. The number of aliphatic hydroxyl groups is 6. The van der Waals surface area contributed by atoms with Crippen LogP contribution in [0, 0.1) is 11.8 Å². The van der Waals surface area contributed by atoms with Gasteiger partial charge in [0.1, 0.15) is 30.8 Å². The maximum absolute atomic E-state index is 14.1. The van der Waals surface area contributed by atoms with Crippen molar-refractivity contribution in [2.24, 2.45) is 23.3 Å². The van der Waals surface area contributed by atoms with Crippen molar-refractivity contribution in [2.75, 3.05) is 13.2 Å². The Bertz CT molecular complexity index is 1220. The molecule has 0 spiro atoms. The number of rotatable bonds is 23. The minimum atomic E-state index is -1.77. The molecule has 312 valence electrons. The minimum Gasteiger partial charge on any atom is -0.394 e. The van der Waals surface area contributed by atoms with Crippen LogP contribution in [0.5, 0.6) is 0 Å². The van der Waals surface area contributed by atoms with E-state index >= 15 is 0 Å². The first-order valence-corrected chi connectivity index (χ1v) is 19.3. The highest BCUT2D eigenvalue weighted by atomic mass is 16.5. The predicted molar refractivity (Wildman–Crippen MR) is 200 cm³/mol. The van der Waals surface area contributed by atoms with Crippen molar-refractivity contribution in [1.29, 1.82) is 0 Å². The van der Waals surface area contributed by atoms with Gasteiger partial charge in [-0.2, -0.15) is 0 Å². The molecule has 4 amide bonds. The van der Waals surface area contributed by atoms with Crippen molar-refractivity contribution in [3.05, 3.63) is 11.6 Å². The molecule has 0 aromatic heterocycles. The molecule has 1 unspecified atom stereocenters. The zero-order valence-electron chi connectivity index (χ0n) is 32.5. The van der Waals surface area contributed by atoms with Crippen LogP contribution in [0.2, 0.25) is 0 Å². The van der Waals surface area contributed by atoms with Crippen molar-refractivity contribution in [3.8, 4) is 0 Å². The first kappa shape index (κ1) is 47.4. The SMILES string of the molecule is CCC(C)[C@@H](N[C@@H](O)[C@H](C)N[C@H](O)[C@@H](CC(C)C)NC(=O)[C@H](CO)NC(=O)[C@H](N)C[C@H](N)O)C(=O)N1CCC[C@H]1C(=O)N[C@H](CC1=CCCCC1)C(O)O. The summed E-state index contributed by atoms with van der Waals surface area (Å²) in [6.45, 7) is 8.56. The van der Waals surface area contributed by atoms with Gasteiger partial charge in [-0.15, -0.1) is 0 Å². The van der Waals surface area contributed by atoms with E-state index in [1.807, 2.05) is 27.7 Å². The van der Waals surface area contributed by atoms with E-state index in [9.17, 15) is 49.8 Å². The molecular weight excluding hydrogens is 704 g/mol. The molecule has 2 aliphatic rings. The summed E-state index contributed by atoms with van der Waals surface area (Å²) in [6, 6.07) is -7.14. The number of amides is 4. The molecule has 18 heteroatoms. The third-order valence-corrected chi connectivity index (χ3v) is 10.2. The van der Waals surface area contributed by atoms with Gasteiger partial charge in [-0.05, 0) is 70.1 Å². The highest BCUT2D eigenvalue weighted by Crippen LogP contribution is 2.25. The second-order valence-electron chi connectivity index (χ2n) is 15.3. The summed E-state index contributed by atoms with van der Waals surface area (Å²) in [5.74, 6) is -2.80. The van der Waals surface area contributed by atoms with E-state index in [-0.39, 0.29) is 24.7 Å². The van der Waals surface area contributed by atoms with Crippen LogP contribution >= 0.6 is 0 Å². The highest BCUT2D eigenvalue weighted by molar-refractivity contribution is 5.91. The monoisotopic (exact) mass is 773 g/mol. The van der Waals surface area contributed by atoms with Gasteiger partial charge in [0.2, 0.25) is 23.6 Å². The van der Waals surface area contributed by atoms with E-state index < -0.39 is 97.5 Å². The van der Waals surface area contributed by atoms with Gasteiger partial charge in [-0.25, -0.2) is 0 Å². The molecule has 1 aliphatic carbocycles. The van der Waals surface area contributed by atoms with Gasteiger partial charge in [-0.3, -0.25) is 29.8 Å². The third-order valence-electron chi connectivity index (χ3n) is 10.2. The lowest BCUT2D eigenvalue weighted by Crippen LogP contribution is -2.62. The number of nitrogens with two attached hydrogens (primary N) is 2. The van der Waals surface area contributed by atoms with Crippen molar-refractivity contribution >= 4 is 23.6 Å². The van der Waals surface area contributed by atoms with Gasteiger partial charge in [0.25, 0.3) is 0 Å². The van der Waals surface area contributed by atoms with Gasteiger partial charge >= 0.3 is 0 Å². The normalized spacial score (nSPS) is 21.9. The van der Waals surface area contributed by atoms with E-state index in [1.165, 1.54) is 4.90 Å². The fourth-order valence-electron chi connectivity index (χ4n) is 6.78. The highest BCUT2D eigenvalue weighted by Gasteiger charge is 2.41. The Labute approximate surface area is 318 Å². The molecular formula is C36H68N8O10. The van der Waals surface area contributed by atoms with Gasteiger partial charge in [-0.1, -0.05) is 45.8 Å². The van der Waals surface area contributed by atoms with E-state index in [1.54, 1.807) is 6.92 Å². The Morgan fingerprint density at radius 1 is 0.870 bits per heavy atom. The first-order valence-electron chi connectivity index (χ1n) is 19.3. The van der Waals surface area contributed by atoms with Gasteiger partial charge in [0.15, 0.2) is 6.29 Å². The zero-order chi connectivity index (χ0) is 40.7. The van der Waals surface area contributed by atoms with Crippen LogP contribution in [-0.2, 0) is 19.2 Å². The molecule has 54 heavy (non-hydrogen) atoms. The molecule has 15 N–H and O–H groups in total. The Morgan fingerprint density at radius 3 is 2.11 bits per heavy atom. The average Bonchev–Trinajstić information content (AvgIpc) is 3.61. The number of carbonyl (C=O) groups is 4. The smallest absolute Gasteiger partial charge is 0.245 e. The molecule has 0 bridgehead atoms. The summed E-state index contributed by atoms with van der Waals surface area (Å²) in [5.41, 5.74) is 12.0. The molecule has 1 fully saturated rings. The molecule has 0 radical (unpaired) electrons. The van der Waals surface area contributed by atoms with Crippen molar-refractivity contribution in [2.45, 2.75) is 166 Å². The van der Waals surface area contributed by atoms with Crippen molar-refractivity contribution in [1.82, 2.24) is 31.5 Å². The van der Waals surface area contributed by atoms with E-state index in [4.69, 9.17) is 11.5 Å². The van der Waals surface area contributed by atoms with Crippen LogP contribution in [0.15, 0.2) is 11.6 Å². The summed E-state index contributed by atoms with van der Waals surface area (Å²) in [7, 11) is 0. The maximum Gasteiger partial charge on any atom is 0.245 e. The first-order chi connectivity index (χ1) is 25.4. The minimum absolute atomic E-state index is 0.0231. The zero-order valence-corrected chi connectivity index (χ0v) is 32.5. The quantitative estimate of drug-likeness (QED) is 0.0371. The Morgan fingerprint density at radius 2 is 1.56 bits per heavy atom. The number of likely N-dealkylation sites (tertiary alicyclic amines) is 1. The number of aliphatic hydroxyl groups excluding tert-OH is 5. The lowest BCUT2D eigenvalue weighted by Gasteiger charge is -2.36. The molecule has 0 aromatic carbocycles. The van der Waals surface area contributed by atoms with Crippen molar-refractivity contribution in [3.63, 3.8) is 0 Å². The number of allylic oxidation sites excluding steroid dienone is 1. The number of hydrogen-bond acceptors (Lipinski definition) is 14. The lowest BCUT2D eigenvalue weighted by molar-refractivity contribution is -0.143. The Hall–Kier alpha value is -2.78. The Kier molecular flexibility index (Phi) is 20.5. The maximum atomic E-state index is 14.1. The van der Waals surface area contributed by atoms with Gasteiger partial charge in [0.05, 0.1) is 30.8 Å². The molecule has 1 saturated heterocycles.